The molecule has 1 saturated heterocycles. The quantitative estimate of drug-likeness (QED) is 0.260. The first kappa shape index (κ1) is 22.4. The summed E-state index contributed by atoms with van der Waals surface area (Å²) in [6, 6.07) is 7.81. The van der Waals surface area contributed by atoms with Gasteiger partial charge in [-0.2, -0.15) is 0 Å². The lowest BCUT2D eigenvalue weighted by molar-refractivity contribution is 0.0769. The third kappa shape index (κ3) is 7.29. The first-order valence-electron chi connectivity index (χ1n) is 11.4. The molecule has 1 aromatic rings. The number of carbonyl (C=O) groups excluding carboxylic acids is 1. The molecule has 0 unspecified atom stereocenters. The maximum absolute atomic E-state index is 12.7. The second kappa shape index (κ2) is 12.6. The van der Waals surface area contributed by atoms with Gasteiger partial charge in [0.1, 0.15) is 5.84 Å². The minimum atomic E-state index is -0.223. The summed E-state index contributed by atoms with van der Waals surface area (Å²) in [5.74, 6) is 0.103. The number of hydrogen-bond donors (Lipinski definition) is 2. The summed E-state index contributed by atoms with van der Waals surface area (Å²) in [5, 5.41) is 7.67. The Bertz CT molecular complexity index is 596. The number of nitrogens with zero attached hydrogens (tertiary/aromatic N) is 1. The lowest BCUT2D eigenvalue weighted by Gasteiger charge is -2.23. The monoisotopic (exact) mass is 385 g/mol. The number of likely N-dealkylation sites (tertiary alicyclic amines) is 1. The highest BCUT2D eigenvalue weighted by molar-refractivity contribution is 5.98. The van der Waals surface area contributed by atoms with E-state index in [0.717, 1.165) is 19.3 Å². The Morgan fingerprint density at radius 1 is 1.00 bits per heavy atom. The third-order valence-electron chi connectivity index (χ3n) is 5.89. The fourth-order valence-electron chi connectivity index (χ4n) is 4.13. The van der Waals surface area contributed by atoms with Crippen LogP contribution < -0.4 is 5.73 Å². The van der Waals surface area contributed by atoms with E-state index in [1.165, 1.54) is 69.8 Å². The van der Waals surface area contributed by atoms with E-state index in [1.54, 1.807) is 4.90 Å². The molecule has 156 valence electrons. The van der Waals surface area contributed by atoms with Crippen LogP contribution in [0.5, 0.6) is 0 Å². The van der Waals surface area contributed by atoms with Crippen molar-refractivity contribution in [1.82, 2.24) is 4.90 Å². The molecule has 1 heterocycles. The average Bonchev–Trinajstić information content (AvgIpc) is 3.19. The highest BCUT2D eigenvalue weighted by Gasteiger charge is 2.31. The molecule has 1 aliphatic heterocycles. The van der Waals surface area contributed by atoms with Crippen LogP contribution in [0.4, 0.5) is 0 Å². The van der Waals surface area contributed by atoms with E-state index in [1.807, 2.05) is 12.1 Å². The normalized spacial score (nSPS) is 16.5. The molecule has 3 N–H and O–H groups in total. The van der Waals surface area contributed by atoms with Crippen LogP contribution in [-0.2, 0) is 6.42 Å². The minimum absolute atomic E-state index is 0.00295. The molecule has 1 aliphatic rings. The molecular weight excluding hydrogens is 346 g/mol. The Balaban J connectivity index is 1.63. The van der Waals surface area contributed by atoms with Gasteiger partial charge < -0.3 is 10.6 Å². The molecule has 2 rings (SSSR count). The van der Waals surface area contributed by atoms with Gasteiger partial charge in [-0.05, 0) is 43.4 Å². The van der Waals surface area contributed by atoms with Crippen LogP contribution >= 0.6 is 0 Å². The van der Waals surface area contributed by atoms with Crippen molar-refractivity contribution in [2.45, 2.75) is 96.4 Å². The first-order chi connectivity index (χ1) is 13.6. The van der Waals surface area contributed by atoms with Crippen LogP contribution in [0, 0.1) is 5.41 Å². The molecule has 0 bridgehead atoms. The van der Waals surface area contributed by atoms with Gasteiger partial charge in [0.25, 0.3) is 5.91 Å². The summed E-state index contributed by atoms with van der Waals surface area (Å²) in [5.41, 5.74) is 7.66. The van der Waals surface area contributed by atoms with E-state index in [0.29, 0.717) is 12.1 Å². The number of hydrogen-bond acceptors (Lipinski definition) is 2. The number of amidine groups is 1. The van der Waals surface area contributed by atoms with Gasteiger partial charge in [0.2, 0.25) is 0 Å². The van der Waals surface area contributed by atoms with E-state index < -0.39 is 0 Å². The van der Waals surface area contributed by atoms with Gasteiger partial charge in [0.15, 0.2) is 0 Å². The van der Waals surface area contributed by atoms with E-state index in [4.69, 9.17) is 11.1 Å². The van der Waals surface area contributed by atoms with Crippen LogP contribution in [0.25, 0.3) is 0 Å². The number of rotatable bonds is 13. The first-order valence-corrected chi connectivity index (χ1v) is 11.4. The lowest BCUT2D eigenvalue weighted by atomic mass is 10.0. The predicted octanol–water partition coefficient (Wildman–Crippen LogP) is 5.69. The number of carbonyl (C=O) groups is 1. The van der Waals surface area contributed by atoms with E-state index in [2.05, 4.69) is 19.1 Å². The average molecular weight is 386 g/mol. The van der Waals surface area contributed by atoms with Gasteiger partial charge in [-0.3, -0.25) is 10.2 Å². The number of aryl methyl sites for hydroxylation is 1. The van der Waals surface area contributed by atoms with Gasteiger partial charge in [0.05, 0.1) is 6.04 Å². The Morgan fingerprint density at radius 2 is 1.57 bits per heavy atom. The summed E-state index contributed by atoms with van der Waals surface area (Å²) in [4.78, 5) is 14.4. The van der Waals surface area contributed by atoms with Crippen LogP contribution in [0.1, 0.15) is 99.9 Å². The fourth-order valence-corrected chi connectivity index (χ4v) is 4.13. The molecule has 1 aromatic carbocycles. The maximum Gasteiger partial charge on any atom is 0.254 e. The second-order valence-corrected chi connectivity index (χ2v) is 8.24. The molecule has 0 spiro atoms. The van der Waals surface area contributed by atoms with E-state index in [-0.39, 0.29) is 17.8 Å². The molecule has 0 aromatic heterocycles. The molecule has 0 aliphatic carbocycles. The minimum Gasteiger partial charge on any atom is -0.386 e. The van der Waals surface area contributed by atoms with Gasteiger partial charge in [-0.25, -0.2) is 0 Å². The number of amides is 1. The number of benzene rings is 1. The summed E-state index contributed by atoms with van der Waals surface area (Å²) < 4.78 is 0. The van der Waals surface area contributed by atoms with Crippen molar-refractivity contribution in [3.63, 3.8) is 0 Å². The predicted molar refractivity (Wildman–Crippen MR) is 118 cm³/mol. The fraction of sp³-hybridized carbons (Fsp3) is 0.667. The van der Waals surface area contributed by atoms with E-state index >= 15 is 0 Å². The van der Waals surface area contributed by atoms with Crippen molar-refractivity contribution in [3.8, 4) is 0 Å². The zero-order chi connectivity index (χ0) is 20.2. The second-order valence-electron chi connectivity index (χ2n) is 8.24. The zero-order valence-electron chi connectivity index (χ0n) is 17.7. The van der Waals surface area contributed by atoms with Crippen molar-refractivity contribution >= 4 is 11.7 Å². The number of nitrogens with one attached hydrogen (secondary N) is 1. The summed E-state index contributed by atoms with van der Waals surface area (Å²) >= 11 is 0. The lowest BCUT2D eigenvalue weighted by Crippen LogP contribution is -2.43. The zero-order valence-corrected chi connectivity index (χ0v) is 17.7. The maximum atomic E-state index is 12.7. The Morgan fingerprint density at radius 3 is 2.14 bits per heavy atom. The molecule has 28 heavy (non-hydrogen) atoms. The SMILES string of the molecule is CCCCCCCCCCCCc1ccc(C(=O)N2CCC[C@@H]2C(=N)N)cc1. The third-order valence-corrected chi connectivity index (χ3v) is 5.89. The van der Waals surface area contributed by atoms with E-state index in [9.17, 15) is 4.79 Å². The summed E-state index contributed by atoms with van der Waals surface area (Å²) in [6.07, 6.45) is 16.4. The van der Waals surface area contributed by atoms with Crippen molar-refractivity contribution in [3.05, 3.63) is 35.4 Å². The standard InChI is InChI=1S/C24H39N3O/c1-2-3-4-5-6-7-8-9-10-11-13-20-15-17-21(18-16-20)24(28)27-19-12-14-22(27)23(25)26/h15-18,22H,2-14,19H2,1H3,(H3,25,26)/t22-/m1/s1. The van der Waals surface area contributed by atoms with Crippen LogP contribution in [0.15, 0.2) is 24.3 Å². The largest absolute Gasteiger partial charge is 0.386 e. The van der Waals surface area contributed by atoms with Crippen molar-refractivity contribution in [2.75, 3.05) is 6.54 Å². The Hall–Kier alpha value is -1.84. The van der Waals surface area contributed by atoms with Gasteiger partial charge in [-0.15, -0.1) is 0 Å². The summed E-state index contributed by atoms with van der Waals surface area (Å²) in [6.45, 7) is 2.96. The Labute approximate surface area is 171 Å². The van der Waals surface area contributed by atoms with Crippen molar-refractivity contribution in [2.24, 2.45) is 5.73 Å². The van der Waals surface area contributed by atoms with Crippen LogP contribution in [-0.4, -0.2) is 29.2 Å². The summed E-state index contributed by atoms with van der Waals surface area (Å²) in [7, 11) is 0. The molecular formula is C24H39N3O. The smallest absolute Gasteiger partial charge is 0.254 e. The Kier molecular flexibility index (Phi) is 10.1. The molecule has 1 atom stereocenters. The van der Waals surface area contributed by atoms with Gasteiger partial charge in [0, 0.05) is 12.1 Å². The number of nitrogens with two attached hydrogens (primary N) is 1. The van der Waals surface area contributed by atoms with Gasteiger partial charge >= 0.3 is 0 Å². The topological polar surface area (TPSA) is 70.2 Å². The molecule has 4 heteroatoms. The highest BCUT2D eigenvalue weighted by Crippen LogP contribution is 2.20. The molecule has 0 saturated carbocycles. The van der Waals surface area contributed by atoms with Gasteiger partial charge in [-0.1, -0.05) is 76.8 Å². The molecule has 1 amide bonds. The molecule has 1 fully saturated rings. The van der Waals surface area contributed by atoms with Crippen molar-refractivity contribution < 1.29 is 4.79 Å². The van der Waals surface area contributed by atoms with Crippen LogP contribution in [0.3, 0.4) is 0 Å². The van der Waals surface area contributed by atoms with Crippen LogP contribution in [0.2, 0.25) is 0 Å². The van der Waals surface area contributed by atoms with Crippen molar-refractivity contribution in [1.29, 1.82) is 5.41 Å². The number of unbranched alkanes of at least 4 members (excludes halogenated alkanes) is 9. The highest BCUT2D eigenvalue weighted by atomic mass is 16.2. The molecule has 0 radical (unpaired) electrons. The molecule has 4 nitrogen and oxygen atoms in total.